The normalized spacial score (nSPS) is 14.4. The first-order valence-electron chi connectivity index (χ1n) is 42.1. The molecule has 0 heterocycles. The quantitative estimate of drug-likeness (QED) is 0.0222. The molecule has 594 valence electrons. The molecule has 0 aliphatic carbocycles. The van der Waals surface area contributed by atoms with Gasteiger partial charge in [0.2, 0.25) is 0 Å². The highest BCUT2D eigenvalue weighted by Gasteiger charge is 2.30. The second-order valence-electron chi connectivity index (χ2n) is 29.6. The van der Waals surface area contributed by atoms with Crippen molar-refractivity contribution < 1.29 is 80.2 Å². The van der Waals surface area contributed by atoms with Gasteiger partial charge in [-0.1, -0.05) is 375 Å². The monoisotopic (exact) mass is 1470 g/mol. The summed E-state index contributed by atoms with van der Waals surface area (Å²) in [5.74, 6) is -0.427. The molecule has 0 fully saturated rings. The lowest BCUT2D eigenvalue weighted by Gasteiger charge is -2.21. The second kappa shape index (κ2) is 72.6. The van der Waals surface area contributed by atoms with Gasteiger partial charge in [-0.05, 0) is 37.5 Å². The van der Waals surface area contributed by atoms with E-state index in [1.807, 2.05) is 0 Å². The largest absolute Gasteiger partial charge is 0.472 e. The van der Waals surface area contributed by atoms with Crippen molar-refractivity contribution in [1.82, 2.24) is 0 Å². The van der Waals surface area contributed by atoms with E-state index in [0.29, 0.717) is 25.7 Å². The molecule has 0 aromatic carbocycles. The van der Waals surface area contributed by atoms with Crippen LogP contribution in [0.2, 0.25) is 0 Å². The molecule has 0 aliphatic heterocycles. The lowest BCUT2D eigenvalue weighted by Crippen LogP contribution is -2.30. The highest BCUT2D eigenvalue weighted by molar-refractivity contribution is 7.47. The number of phosphoric ester groups is 2. The van der Waals surface area contributed by atoms with Gasteiger partial charge in [0.1, 0.15) is 19.3 Å². The minimum Gasteiger partial charge on any atom is -0.462 e. The number of esters is 4. The number of ether oxygens (including phenoxy) is 4. The first-order valence-corrected chi connectivity index (χ1v) is 45.1. The lowest BCUT2D eigenvalue weighted by molar-refractivity contribution is -0.161. The van der Waals surface area contributed by atoms with Crippen molar-refractivity contribution in [3.05, 3.63) is 0 Å². The van der Waals surface area contributed by atoms with E-state index in [4.69, 9.17) is 37.0 Å². The van der Waals surface area contributed by atoms with Crippen LogP contribution in [0.5, 0.6) is 0 Å². The van der Waals surface area contributed by atoms with Gasteiger partial charge in [-0.2, -0.15) is 0 Å². The van der Waals surface area contributed by atoms with Gasteiger partial charge in [0.25, 0.3) is 0 Å². The van der Waals surface area contributed by atoms with E-state index < -0.39 is 97.5 Å². The van der Waals surface area contributed by atoms with Crippen LogP contribution in [0.4, 0.5) is 0 Å². The van der Waals surface area contributed by atoms with Crippen LogP contribution in [0.3, 0.4) is 0 Å². The first-order chi connectivity index (χ1) is 48.4. The zero-order valence-electron chi connectivity index (χ0n) is 65.5. The number of phosphoric acid groups is 2. The summed E-state index contributed by atoms with van der Waals surface area (Å²) >= 11 is 0. The summed E-state index contributed by atoms with van der Waals surface area (Å²) in [5.41, 5.74) is 0. The number of hydrogen-bond acceptors (Lipinski definition) is 15. The number of carbonyl (C=O) groups is 4. The van der Waals surface area contributed by atoms with Crippen molar-refractivity contribution in [3.8, 4) is 0 Å². The fourth-order valence-electron chi connectivity index (χ4n) is 12.5. The Kier molecular flexibility index (Phi) is 71.2. The molecule has 100 heavy (non-hydrogen) atoms. The molecule has 0 aromatic heterocycles. The Hall–Kier alpha value is -1.94. The topological polar surface area (TPSA) is 237 Å². The van der Waals surface area contributed by atoms with Crippen LogP contribution in [-0.2, 0) is 65.4 Å². The Balaban J connectivity index is 5.22. The van der Waals surface area contributed by atoms with E-state index in [9.17, 15) is 43.2 Å². The van der Waals surface area contributed by atoms with Crippen LogP contribution >= 0.6 is 15.6 Å². The van der Waals surface area contributed by atoms with Crippen molar-refractivity contribution in [2.75, 3.05) is 39.6 Å². The zero-order chi connectivity index (χ0) is 73.5. The SMILES string of the molecule is CCCCCCCCCCCCCCCC(=O)O[C@H](COC(=O)CCCCCCCCCCCCC)COP(=O)(O)OC[C@H](O)COP(=O)(O)OC[C@@H](COC(=O)CCCCCCCCCCCCC(C)CC)OC(=O)CCCCCCCCCCCCCCCCCCCCC(C)CC. The van der Waals surface area contributed by atoms with Gasteiger partial charge < -0.3 is 33.8 Å². The maximum Gasteiger partial charge on any atom is 0.472 e. The molecular formula is C81H158O17P2. The third-order valence-electron chi connectivity index (χ3n) is 19.7. The summed E-state index contributed by atoms with van der Waals surface area (Å²) in [6, 6.07) is 0. The first kappa shape index (κ1) is 98.1. The van der Waals surface area contributed by atoms with Gasteiger partial charge in [0.05, 0.1) is 26.4 Å². The second-order valence-corrected chi connectivity index (χ2v) is 32.6. The third-order valence-corrected chi connectivity index (χ3v) is 21.6. The van der Waals surface area contributed by atoms with E-state index in [0.717, 1.165) is 102 Å². The van der Waals surface area contributed by atoms with E-state index in [-0.39, 0.29) is 25.7 Å². The molecule has 0 saturated carbocycles. The fraction of sp³-hybridized carbons (Fsp3) is 0.951. The predicted molar refractivity (Wildman–Crippen MR) is 409 cm³/mol. The summed E-state index contributed by atoms with van der Waals surface area (Å²) in [7, 11) is -9.92. The fourth-order valence-corrected chi connectivity index (χ4v) is 14.1. The molecule has 0 rings (SSSR count). The zero-order valence-corrected chi connectivity index (χ0v) is 67.3. The maximum absolute atomic E-state index is 13.1. The molecule has 0 spiro atoms. The number of hydrogen-bond donors (Lipinski definition) is 3. The molecule has 0 bridgehead atoms. The van der Waals surface area contributed by atoms with Gasteiger partial charge in [0.15, 0.2) is 12.2 Å². The Bertz CT molecular complexity index is 1930. The molecule has 0 saturated heterocycles. The van der Waals surface area contributed by atoms with Crippen molar-refractivity contribution >= 4 is 39.5 Å². The summed E-state index contributed by atoms with van der Waals surface area (Å²) in [4.78, 5) is 73.0. The molecule has 0 aromatic rings. The van der Waals surface area contributed by atoms with Crippen LogP contribution in [-0.4, -0.2) is 96.7 Å². The Morgan fingerprint density at radius 3 is 0.710 bits per heavy atom. The van der Waals surface area contributed by atoms with Gasteiger partial charge in [-0.15, -0.1) is 0 Å². The van der Waals surface area contributed by atoms with Crippen molar-refractivity contribution in [3.63, 3.8) is 0 Å². The smallest absolute Gasteiger partial charge is 0.462 e. The Morgan fingerprint density at radius 1 is 0.280 bits per heavy atom. The molecule has 19 heteroatoms. The van der Waals surface area contributed by atoms with E-state index in [1.54, 1.807) is 0 Å². The predicted octanol–water partition coefficient (Wildman–Crippen LogP) is 24.3. The summed E-state index contributed by atoms with van der Waals surface area (Å²) in [6.45, 7) is 9.73. The third kappa shape index (κ3) is 71.7. The molecule has 0 radical (unpaired) electrons. The maximum atomic E-state index is 13.1. The van der Waals surface area contributed by atoms with Gasteiger partial charge >= 0.3 is 39.5 Å². The van der Waals surface area contributed by atoms with Gasteiger partial charge in [-0.25, -0.2) is 9.13 Å². The summed E-state index contributed by atoms with van der Waals surface area (Å²) in [6.07, 6.45) is 62.2. The summed E-state index contributed by atoms with van der Waals surface area (Å²) < 4.78 is 68.7. The van der Waals surface area contributed by atoms with Crippen molar-refractivity contribution in [2.45, 2.75) is 445 Å². The molecule has 17 nitrogen and oxygen atoms in total. The Morgan fingerprint density at radius 2 is 0.480 bits per heavy atom. The number of aliphatic hydroxyl groups is 1. The molecule has 3 N–H and O–H groups in total. The molecular weight excluding hydrogens is 1310 g/mol. The minimum atomic E-state index is -4.96. The van der Waals surface area contributed by atoms with E-state index in [2.05, 4.69) is 41.5 Å². The summed E-state index contributed by atoms with van der Waals surface area (Å²) in [5, 5.41) is 10.6. The standard InChI is InChI=1S/C81H158O17P2/c1-7-11-13-15-17-19-21-28-33-41-47-53-59-65-80(85)97-76(69-91-78(83)63-57-51-45-39-31-20-18-16-14-12-8-2)71-95-99(87,88)93-67-75(82)68-94-100(89,90)96-72-77(70-92-79(84)64-58-52-46-40-36-35-38-44-50-56-62-74(6)10-4)98-81(86)66-60-54-48-42-34-30-27-25-23-22-24-26-29-32-37-43-49-55-61-73(5)9-3/h73-77,82H,7-72H2,1-6H3,(H,87,88)(H,89,90)/t73?,74?,75-,76+,77+/m0/s1. The average Bonchev–Trinajstić information content (AvgIpc) is 0.936. The highest BCUT2D eigenvalue weighted by atomic mass is 31.2. The number of unbranched alkanes of at least 4 members (excludes halogenated alkanes) is 48. The molecule has 0 amide bonds. The molecule has 7 atom stereocenters. The number of carbonyl (C=O) groups excluding carboxylic acids is 4. The molecule has 4 unspecified atom stereocenters. The Labute approximate surface area is 613 Å². The highest BCUT2D eigenvalue weighted by Crippen LogP contribution is 2.45. The van der Waals surface area contributed by atoms with Crippen LogP contribution < -0.4 is 0 Å². The van der Waals surface area contributed by atoms with E-state index in [1.165, 1.54) is 244 Å². The number of aliphatic hydroxyl groups excluding tert-OH is 1. The minimum absolute atomic E-state index is 0.108. The van der Waals surface area contributed by atoms with E-state index >= 15 is 0 Å². The molecule has 0 aliphatic rings. The van der Waals surface area contributed by atoms with Crippen LogP contribution in [0, 0.1) is 11.8 Å². The van der Waals surface area contributed by atoms with Crippen LogP contribution in [0.15, 0.2) is 0 Å². The van der Waals surface area contributed by atoms with Gasteiger partial charge in [-0.3, -0.25) is 37.3 Å². The lowest BCUT2D eigenvalue weighted by atomic mass is 9.99. The van der Waals surface area contributed by atoms with Gasteiger partial charge in [0, 0.05) is 25.7 Å². The average molecular weight is 1470 g/mol. The van der Waals surface area contributed by atoms with Crippen LogP contribution in [0.1, 0.15) is 427 Å². The van der Waals surface area contributed by atoms with Crippen LogP contribution in [0.25, 0.3) is 0 Å². The number of rotatable bonds is 80. The van der Waals surface area contributed by atoms with Crippen molar-refractivity contribution in [1.29, 1.82) is 0 Å². The van der Waals surface area contributed by atoms with Crippen molar-refractivity contribution in [2.24, 2.45) is 11.8 Å².